The molecular weight excluding hydrogens is 414 g/mol. The molecule has 4 aromatic rings. The fourth-order valence-corrected chi connectivity index (χ4v) is 4.42. The summed E-state index contributed by atoms with van der Waals surface area (Å²) in [4.78, 5) is 36.6. The maximum absolute atomic E-state index is 13.5. The molecule has 3 heterocycles. The maximum Gasteiger partial charge on any atom is 0.246 e. The van der Waals surface area contributed by atoms with Gasteiger partial charge in [0.25, 0.3) is 0 Å². The highest BCUT2D eigenvalue weighted by Crippen LogP contribution is 2.23. The van der Waals surface area contributed by atoms with Crippen molar-refractivity contribution in [3.05, 3.63) is 84.9 Å². The number of nitrogens with one attached hydrogen (secondary N) is 1. The molecular formula is C26H25N5O2. The van der Waals surface area contributed by atoms with E-state index in [0.717, 1.165) is 27.7 Å². The van der Waals surface area contributed by atoms with Gasteiger partial charge in [0.15, 0.2) is 0 Å². The molecule has 1 aliphatic rings. The van der Waals surface area contributed by atoms with Gasteiger partial charge in [0.2, 0.25) is 11.8 Å². The third kappa shape index (κ3) is 4.09. The van der Waals surface area contributed by atoms with E-state index in [-0.39, 0.29) is 11.8 Å². The first-order chi connectivity index (χ1) is 16.1. The minimum absolute atomic E-state index is 0.0787. The van der Waals surface area contributed by atoms with Crippen LogP contribution in [-0.4, -0.2) is 50.4 Å². The number of nitrogens with zero attached hydrogens (tertiary/aromatic N) is 4. The van der Waals surface area contributed by atoms with Crippen molar-refractivity contribution < 1.29 is 9.59 Å². The number of amides is 2. The van der Waals surface area contributed by atoms with Crippen molar-refractivity contribution in [3.8, 4) is 11.1 Å². The zero-order valence-corrected chi connectivity index (χ0v) is 18.4. The molecule has 1 aliphatic heterocycles. The van der Waals surface area contributed by atoms with Crippen molar-refractivity contribution in [2.24, 2.45) is 0 Å². The summed E-state index contributed by atoms with van der Waals surface area (Å²) in [5, 5.41) is 2.92. The number of benzene rings is 2. The Morgan fingerprint density at radius 1 is 1.09 bits per heavy atom. The lowest BCUT2D eigenvalue weighted by Crippen LogP contribution is -2.59. The standard InChI is InChI=1S/C26H25N5O2/c1-18(31-17-29-22-6-2-3-7-23(22)31)26(33)30-14-13-28-25(32)24(30)15-19-8-10-20(11-9-19)21-5-4-12-27-16-21/h2-12,16-18,24H,13-15H2,1H3,(H,28,32). The summed E-state index contributed by atoms with van der Waals surface area (Å²) in [6.45, 7) is 2.81. The third-order valence-corrected chi connectivity index (χ3v) is 6.25. The first-order valence-electron chi connectivity index (χ1n) is 11.1. The van der Waals surface area contributed by atoms with Gasteiger partial charge in [0.1, 0.15) is 12.1 Å². The highest BCUT2D eigenvalue weighted by Gasteiger charge is 2.35. The number of fused-ring (bicyclic) bond motifs is 1. The second-order valence-electron chi connectivity index (χ2n) is 8.30. The summed E-state index contributed by atoms with van der Waals surface area (Å²) in [6.07, 6.45) is 5.73. The number of para-hydroxylation sites is 2. The van der Waals surface area contributed by atoms with Gasteiger partial charge in [-0.2, -0.15) is 0 Å². The summed E-state index contributed by atoms with van der Waals surface area (Å²) in [5.74, 6) is -0.196. The molecule has 166 valence electrons. The van der Waals surface area contributed by atoms with Gasteiger partial charge in [0, 0.05) is 31.9 Å². The Morgan fingerprint density at radius 3 is 2.70 bits per heavy atom. The van der Waals surface area contributed by atoms with Crippen LogP contribution in [0.3, 0.4) is 0 Å². The Morgan fingerprint density at radius 2 is 1.91 bits per heavy atom. The van der Waals surface area contributed by atoms with E-state index in [4.69, 9.17) is 0 Å². The van der Waals surface area contributed by atoms with E-state index < -0.39 is 12.1 Å². The molecule has 1 saturated heterocycles. The number of pyridine rings is 1. The second-order valence-corrected chi connectivity index (χ2v) is 8.30. The molecule has 0 radical (unpaired) electrons. The maximum atomic E-state index is 13.5. The van der Waals surface area contributed by atoms with Crippen molar-refractivity contribution in [1.29, 1.82) is 0 Å². The lowest BCUT2D eigenvalue weighted by Gasteiger charge is -2.37. The Kier molecular flexibility index (Phi) is 5.60. The molecule has 2 aromatic carbocycles. The zero-order valence-electron chi connectivity index (χ0n) is 18.4. The molecule has 0 aliphatic carbocycles. The van der Waals surface area contributed by atoms with Gasteiger partial charge in [-0.05, 0) is 41.8 Å². The van der Waals surface area contributed by atoms with Gasteiger partial charge in [-0.3, -0.25) is 14.6 Å². The van der Waals surface area contributed by atoms with Crippen LogP contribution in [0.4, 0.5) is 0 Å². The lowest BCUT2D eigenvalue weighted by molar-refractivity contribution is -0.145. The van der Waals surface area contributed by atoms with Gasteiger partial charge in [0.05, 0.1) is 17.4 Å². The van der Waals surface area contributed by atoms with Gasteiger partial charge < -0.3 is 14.8 Å². The van der Waals surface area contributed by atoms with Crippen LogP contribution in [0.1, 0.15) is 18.5 Å². The fourth-order valence-electron chi connectivity index (χ4n) is 4.42. The van der Waals surface area contributed by atoms with Crippen molar-refractivity contribution in [2.75, 3.05) is 13.1 Å². The van der Waals surface area contributed by atoms with E-state index in [0.29, 0.717) is 19.5 Å². The highest BCUT2D eigenvalue weighted by atomic mass is 16.2. The number of carbonyl (C=O) groups is 2. The molecule has 1 N–H and O–H groups in total. The van der Waals surface area contributed by atoms with Crippen LogP contribution in [0.5, 0.6) is 0 Å². The zero-order chi connectivity index (χ0) is 22.8. The summed E-state index contributed by atoms with van der Waals surface area (Å²) in [6, 6.07) is 18.7. The topological polar surface area (TPSA) is 80.1 Å². The lowest BCUT2D eigenvalue weighted by atomic mass is 9.99. The van der Waals surface area contributed by atoms with Gasteiger partial charge in [-0.15, -0.1) is 0 Å². The van der Waals surface area contributed by atoms with Gasteiger partial charge >= 0.3 is 0 Å². The summed E-state index contributed by atoms with van der Waals surface area (Å²) in [7, 11) is 0. The SMILES string of the molecule is CC(C(=O)N1CCNC(=O)C1Cc1ccc(-c2cccnc2)cc1)n1cnc2ccccc21. The molecule has 0 spiro atoms. The highest BCUT2D eigenvalue weighted by molar-refractivity contribution is 5.91. The molecule has 5 rings (SSSR count). The molecule has 2 amide bonds. The molecule has 1 fully saturated rings. The van der Waals surface area contributed by atoms with Crippen LogP contribution in [0.2, 0.25) is 0 Å². The molecule has 2 unspecified atom stereocenters. The smallest absolute Gasteiger partial charge is 0.246 e. The Balaban J connectivity index is 1.37. The van der Waals surface area contributed by atoms with Crippen LogP contribution in [0.15, 0.2) is 79.4 Å². The Bertz CT molecular complexity index is 1280. The number of rotatable bonds is 5. The molecule has 7 heteroatoms. The summed E-state index contributed by atoms with van der Waals surface area (Å²) >= 11 is 0. The summed E-state index contributed by atoms with van der Waals surface area (Å²) in [5.41, 5.74) is 4.86. The van der Waals surface area contributed by atoms with Gasteiger partial charge in [-0.25, -0.2) is 4.98 Å². The van der Waals surface area contributed by atoms with E-state index >= 15 is 0 Å². The molecule has 2 atom stereocenters. The van der Waals surface area contributed by atoms with Gasteiger partial charge in [-0.1, -0.05) is 42.5 Å². The average Bonchev–Trinajstić information content (AvgIpc) is 3.29. The fraction of sp³-hybridized carbons (Fsp3) is 0.231. The van der Waals surface area contributed by atoms with Crippen LogP contribution in [-0.2, 0) is 16.0 Å². The largest absolute Gasteiger partial charge is 0.353 e. The predicted molar refractivity (Wildman–Crippen MR) is 126 cm³/mol. The first-order valence-corrected chi connectivity index (χ1v) is 11.1. The predicted octanol–water partition coefficient (Wildman–Crippen LogP) is 3.23. The van der Waals surface area contributed by atoms with Crippen molar-refractivity contribution >= 4 is 22.8 Å². The minimum Gasteiger partial charge on any atom is -0.353 e. The number of hydrogen-bond donors (Lipinski definition) is 1. The average molecular weight is 440 g/mol. The van der Waals surface area contributed by atoms with E-state index in [9.17, 15) is 9.59 Å². The van der Waals surface area contributed by atoms with Crippen LogP contribution >= 0.6 is 0 Å². The normalized spacial score (nSPS) is 17.1. The molecule has 0 saturated carbocycles. The van der Waals surface area contributed by atoms with E-state index in [2.05, 4.69) is 15.3 Å². The van der Waals surface area contributed by atoms with E-state index in [1.165, 1.54) is 0 Å². The second kappa shape index (κ2) is 8.86. The first kappa shape index (κ1) is 20.9. The monoisotopic (exact) mass is 439 g/mol. The Labute approximate surface area is 192 Å². The molecule has 7 nitrogen and oxygen atoms in total. The molecule has 2 aromatic heterocycles. The Hall–Kier alpha value is -4.00. The van der Waals surface area contributed by atoms with Crippen molar-refractivity contribution in [1.82, 2.24) is 24.8 Å². The van der Waals surface area contributed by atoms with E-state index in [1.54, 1.807) is 17.4 Å². The minimum atomic E-state index is -0.548. The molecule has 0 bridgehead atoms. The number of piperazine rings is 1. The third-order valence-electron chi connectivity index (χ3n) is 6.25. The van der Waals surface area contributed by atoms with Crippen LogP contribution in [0.25, 0.3) is 22.2 Å². The number of aromatic nitrogens is 3. The molecule has 33 heavy (non-hydrogen) atoms. The number of hydrogen-bond acceptors (Lipinski definition) is 4. The number of imidazole rings is 1. The number of carbonyl (C=O) groups excluding carboxylic acids is 2. The quantitative estimate of drug-likeness (QED) is 0.518. The van der Waals surface area contributed by atoms with Crippen LogP contribution < -0.4 is 5.32 Å². The summed E-state index contributed by atoms with van der Waals surface area (Å²) < 4.78 is 1.88. The van der Waals surface area contributed by atoms with Crippen molar-refractivity contribution in [2.45, 2.75) is 25.4 Å². The van der Waals surface area contributed by atoms with Crippen molar-refractivity contribution in [3.63, 3.8) is 0 Å². The van der Waals surface area contributed by atoms with Crippen LogP contribution in [0, 0.1) is 0 Å². The van der Waals surface area contributed by atoms with E-state index in [1.807, 2.05) is 78.4 Å².